The molecule has 4 rings (SSSR count). The van der Waals surface area contributed by atoms with E-state index >= 15 is 0 Å². The van der Waals surface area contributed by atoms with Gasteiger partial charge in [-0.25, -0.2) is 14.2 Å². The van der Waals surface area contributed by atoms with Gasteiger partial charge in [-0.1, -0.05) is 24.6 Å². The highest BCUT2D eigenvalue weighted by molar-refractivity contribution is 5.95. The van der Waals surface area contributed by atoms with E-state index in [4.69, 9.17) is 4.74 Å². The number of benzene rings is 2. The third kappa shape index (κ3) is 6.52. The van der Waals surface area contributed by atoms with Crippen LogP contribution >= 0.6 is 0 Å². The summed E-state index contributed by atoms with van der Waals surface area (Å²) in [6.45, 7) is 2.11. The maximum absolute atomic E-state index is 13.9. The molecule has 3 amide bonds. The summed E-state index contributed by atoms with van der Waals surface area (Å²) < 4.78 is 19.1. The lowest BCUT2D eigenvalue weighted by Gasteiger charge is -2.23. The SMILES string of the molecule is Cc1ccccc1NC(=O)OCCN(C)C(=O)C1CCCCC(=O)Nc2cc(F)ccc2-c2cnc1[nH]2. The second-order valence-electron chi connectivity index (χ2n) is 9.05. The van der Waals surface area contributed by atoms with Crippen molar-refractivity contribution in [3.63, 3.8) is 0 Å². The van der Waals surface area contributed by atoms with Crippen molar-refractivity contribution in [1.29, 1.82) is 0 Å². The minimum absolute atomic E-state index is 0.0230. The maximum atomic E-state index is 13.9. The third-order valence-corrected chi connectivity index (χ3v) is 6.33. The van der Waals surface area contributed by atoms with E-state index in [1.807, 2.05) is 25.1 Å². The lowest BCUT2D eigenvalue weighted by atomic mass is 9.98. The predicted octanol–water partition coefficient (Wildman–Crippen LogP) is 4.83. The van der Waals surface area contributed by atoms with Crippen molar-refractivity contribution in [3.8, 4) is 11.3 Å². The van der Waals surface area contributed by atoms with Gasteiger partial charge in [-0.05, 0) is 49.6 Å². The Labute approximate surface area is 214 Å². The Balaban J connectivity index is 1.43. The van der Waals surface area contributed by atoms with Gasteiger partial charge in [-0.15, -0.1) is 0 Å². The molecule has 1 aromatic heterocycles. The summed E-state index contributed by atoms with van der Waals surface area (Å²) in [5.41, 5.74) is 3.08. The molecule has 10 heteroatoms. The van der Waals surface area contributed by atoms with E-state index in [0.717, 1.165) is 5.56 Å². The predicted molar refractivity (Wildman–Crippen MR) is 138 cm³/mol. The molecular formula is C27H30FN5O4. The summed E-state index contributed by atoms with van der Waals surface area (Å²) >= 11 is 0. The van der Waals surface area contributed by atoms with Crippen molar-refractivity contribution in [3.05, 3.63) is 65.9 Å². The molecule has 194 valence electrons. The Bertz CT molecular complexity index is 1290. The molecule has 2 bridgehead atoms. The monoisotopic (exact) mass is 507 g/mol. The Kier molecular flexibility index (Phi) is 8.17. The van der Waals surface area contributed by atoms with Gasteiger partial charge in [0.25, 0.3) is 0 Å². The number of likely N-dealkylation sites (N-methyl/N-ethyl adjacent to an activating group) is 1. The molecule has 0 aliphatic carbocycles. The molecule has 0 saturated heterocycles. The van der Waals surface area contributed by atoms with Crippen LogP contribution in [0.3, 0.4) is 0 Å². The number of anilines is 2. The van der Waals surface area contributed by atoms with Crippen LogP contribution < -0.4 is 10.6 Å². The Morgan fingerprint density at radius 1 is 1.22 bits per heavy atom. The third-order valence-electron chi connectivity index (χ3n) is 6.33. The molecule has 0 fully saturated rings. The highest BCUT2D eigenvalue weighted by Gasteiger charge is 2.27. The van der Waals surface area contributed by atoms with Gasteiger partial charge in [-0.3, -0.25) is 14.9 Å². The molecule has 1 unspecified atom stereocenters. The van der Waals surface area contributed by atoms with E-state index in [1.54, 1.807) is 25.4 Å². The van der Waals surface area contributed by atoms with Crippen LogP contribution in [0, 0.1) is 12.7 Å². The quantitative estimate of drug-likeness (QED) is 0.458. The van der Waals surface area contributed by atoms with Gasteiger partial charge in [-0.2, -0.15) is 0 Å². The molecular weight excluding hydrogens is 477 g/mol. The lowest BCUT2D eigenvalue weighted by Crippen LogP contribution is -2.35. The standard InChI is InChI=1S/C27H30FN5O4/c1-17-7-3-5-9-21(17)32-27(36)37-14-13-33(2)26(35)20-8-4-6-10-24(34)30-22-15-18(28)11-12-19(22)23-16-29-25(20)31-23/h3,5,7,9,11-12,15-16,20H,4,6,8,10,13-14H2,1-2H3,(H,29,31)(H,30,34)(H,32,36). The zero-order valence-corrected chi connectivity index (χ0v) is 20.8. The number of rotatable bonds is 5. The van der Waals surface area contributed by atoms with Crippen molar-refractivity contribution in [2.75, 3.05) is 30.8 Å². The van der Waals surface area contributed by atoms with E-state index in [2.05, 4.69) is 20.6 Å². The zero-order valence-electron chi connectivity index (χ0n) is 20.8. The van der Waals surface area contributed by atoms with Crippen LogP contribution in [0.1, 0.15) is 43.0 Å². The summed E-state index contributed by atoms with van der Waals surface area (Å²) in [6.07, 6.45) is 2.93. The van der Waals surface area contributed by atoms with E-state index < -0.39 is 17.8 Å². The zero-order chi connectivity index (χ0) is 26.4. The fraction of sp³-hybridized carbons (Fsp3) is 0.333. The summed E-state index contributed by atoms with van der Waals surface area (Å²) in [5, 5.41) is 5.47. The van der Waals surface area contributed by atoms with Crippen LogP contribution in [0.5, 0.6) is 0 Å². The first-order valence-corrected chi connectivity index (χ1v) is 12.2. The normalized spacial score (nSPS) is 15.4. The fourth-order valence-electron chi connectivity index (χ4n) is 4.24. The van der Waals surface area contributed by atoms with Gasteiger partial charge in [0.2, 0.25) is 11.8 Å². The number of para-hydroxylation sites is 1. The topological polar surface area (TPSA) is 116 Å². The second kappa shape index (κ2) is 11.7. The van der Waals surface area contributed by atoms with Crippen molar-refractivity contribution in [2.24, 2.45) is 0 Å². The Morgan fingerprint density at radius 2 is 2.03 bits per heavy atom. The molecule has 0 saturated carbocycles. The molecule has 9 nitrogen and oxygen atoms in total. The van der Waals surface area contributed by atoms with Crippen molar-refractivity contribution < 1.29 is 23.5 Å². The number of carbonyl (C=O) groups excluding carboxylic acids is 3. The van der Waals surface area contributed by atoms with Gasteiger partial charge < -0.3 is 19.9 Å². The van der Waals surface area contributed by atoms with Crippen LogP contribution in [-0.4, -0.2) is 53.0 Å². The number of H-pyrrole nitrogens is 1. The lowest BCUT2D eigenvalue weighted by molar-refractivity contribution is -0.132. The molecule has 1 aliphatic heterocycles. The van der Waals surface area contributed by atoms with Crippen LogP contribution in [0.4, 0.5) is 20.6 Å². The minimum atomic E-state index is -0.592. The number of hydrogen-bond donors (Lipinski definition) is 3. The van der Waals surface area contributed by atoms with Gasteiger partial charge in [0.05, 0.1) is 30.0 Å². The van der Waals surface area contributed by atoms with E-state index in [9.17, 15) is 18.8 Å². The van der Waals surface area contributed by atoms with Crippen LogP contribution in [0.25, 0.3) is 11.3 Å². The number of nitrogens with zero attached hydrogens (tertiary/aromatic N) is 2. The van der Waals surface area contributed by atoms with Crippen LogP contribution in [0.2, 0.25) is 0 Å². The molecule has 2 aromatic carbocycles. The van der Waals surface area contributed by atoms with E-state index in [1.165, 1.54) is 17.0 Å². The first kappa shape index (κ1) is 25.9. The van der Waals surface area contributed by atoms with Crippen molar-refractivity contribution in [2.45, 2.75) is 38.5 Å². The van der Waals surface area contributed by atoms with Crippen LogP contribution in [0.15, 0.2) is 48.7 Å². The molecule has 0 spiro atoms. The first-order valence-electron chi connectivity index (χ1n) is 12.2. The molecule has 0 radical (unpaired) electrons. The van der Waals surface area contributed by atoms with Crippen LogP contribution in [-0.2, 0) is 14.3 Å². The highest BCUT2D eigenvalue weighted by Crippen LogP contribution is 2.31. The van der Waals surface area contributed by atoms with E-state index in [0.29, 0.717) is 47.7 Å². The summed E-state index contributed by atoms with van der Waals surface area (Å²) in [6, 6.07) is 11.5. The summed E-state index contributed by atoms with van der Waals surface area (Å²) in [5.74, 6) is -0.925. The number of amides is 3. The van der Waals surface area contributed by atoms with Gasteiger partial charge in [0.15, 0.2) is 0 Å². The smallest absolute Gasteiger partial charge is 0.411 e. The number of carbonyl (C=O) groups is 3. The molecule has 3 aromatic rings. The molecule has 1 aliphatic rings. The average molecular weight is 508 g/mol. The number of halogens is 1. The van der Waals surface area contributed by atoms with Crippen molar-refractivity contribution >= 4 is 29.3 Å². The van der Waals surface area contributed by atoms with Crippen molar-refractivity contribution in [1.82, 2.24) is 14.9 Å². The van der Waals surface area contributed by atoms with Gasteiger partial charge >= 0.3 is 6.09 Å². The number of hydrogen-bond acceptors (Lipinski definition) is 5. The average Bonchev–Trinajstić information content (AvgIpc) is 3.34. The number of nitrogens with one attached hydrogen (secondary N) is 3. The Morgan fingerprint density at radius 3 is 2.84 bits per heavy atom. The number of ether oxygens (including phenoxy) is 1. The summed E-state index contributed by atoms with van der Waals surface area (Å²) in [7, 11) is 1.65. The number of imidazole rings is 1. The Hall–Kier alpha value is -4.21. The maximum Gasteiger partial charge on any atom is 0.411 e. The molecule has 37 heavy (non-hydrogen) atoms. The second-order valence-corrected chi connectivity index (χ2v) is 9.05. The molecule has 1 atom stereocenters. The highest BCUT2D eigenvalue weighted by atomic mass is 19.1. The first-order chi connectivity index (χ1) is 17.8. The molecule has 2 heterocycles. The number of aryl methyl sites for hydroxylation is 1. The van der Waals surface area contributed by atoms with E-state index in [-0.39, 0.29) is 31.4 Å². The minimum Gasteiger partial charge on any atom is -0.447 e. The van der Waals surface area contributed by atoms with Gasteiger partial charge in [0, 0.05) is 24.7 Å². The molecule has 3 N–H and O–H groups in total. The number of aromatic amines is 1. The number of aromatic nitrogens is 2. The fourth-order valence-corrected chi connectivity index (χ4v) is 4.24. The number of fused-ring (bicyclic) bond motifs is 4. The summed E-state index contributed by atoms with van der Waals surface area (Å²) in [4.78, 5) is 47.0. The van der Waals surface area contributed by atoms with Gasteiger partial charge in [0.1, 0.15) is 18.2 Å². The largest absolute Gasteiger partial charge is 0.447 e.